The van der Waals surface area contributed by atoms with Crippen LogP contribution >= 0.6 is 0 Å². The van der Waals surface area contributed by atoms with Gasteiger partial charge in [0.05, 0.1) is 19.1 Å². The summed E-state index contributed by atoms with van der Waals surface area (Å²) in [5.41, 5.74) is 2.57. The predicted molar refractivity (Wildman–Crippen MR) is 123 cm³/mol. The highest BCUT2D eigenvalue weighted by Crippen LogP contribution is 2.39. The Kier molecular flexibility index (Phi) is 6.10. The van der Waals surface area contributed by atoms with Gasteiger partial charge in [-0.1, -0.05) is 72.8 Å². The average Bonchev–Trinajstić information content (AvgIpc) is 2.84. The van der Waals surface area contributed by atoms with E-state index >= 15 is 0 Å². The lowest BCUT2D eigenvalue weighted by atomic mass is 9.77. The molecule has 0 saturated carbocycles. The summed E-state index contributed by atoms with van der Waals surface area (Å²) in [5.74, 6) is 0.0149. The first kappa shape index (κ1) is 20.4. The zero-order valence-corrected chi connectivity index (χ0v) is 17.4. The van der Waals surface area contributed by atoms with Crippen molar-refractivity contribution in [3.63, 3.8) is 0 Å². The fourth-order valence-electron chi connectivity index (χ4n) is 4.12. The van der Waals surface area contributed by atoms with Gasteiger partial charge in [0.1, 0.15) is 5.75 Å². The van der Waals surface area contributed by atoms with E-state index in [-0.39, 0.29) is 18.1 Å². The number of Topliss-reactive ketones (excluding diaryl/α,β-unsaturated/α-hetero) is 1. The van der Waals surface area contributed by atoms with E-state index < -0.39 is 5.92 Å². The zero-order valence-electron chi connectivity index (χ0n) is 17.4. The Hall–Kier alpha value is -3.90. The summed E-state index contributed by atoms with van der Waals surface area (Å²) in [6.45, 7) is 0. The lowest BCUT2D eigenvalue weighted by Crippen LogP contribution is -2.15. The first-order valence-corrected chi connectivity index (χ1v) is 10.3. The number of rotatable bonds is 7. The van der Waals surface area contributed by atoms with Gasteiger partial charge >= 0.3 is 0 Å². The molecule has 0 N–H and O–H groups in total. The van der Waals surface area contributed by atoms with Gasteiger partial charge in [0, 0.05) is 17.9 Å². The van der Waals surface area contributed by atoms with Gasteiger partial charge in [-0.3, -0.25) is 4.79 Å². The van der Waals surface area contributed by atoms with Crippen LogP contribution in [0, 0.1) is 11.3 Å². The first-order valence-electron chi connectivity index (χ1n) is 10.3. The van der Waals surface area contributed by atoms with E-state index in [0.29, 0.717) is 11.3 Å². The third kappa shape index (κ3) is 4.34. The van der Waals surface area contributed by atoms with E-state index in [1.54, 1.807) is 31.4 Å². The highest BCUT2D eigenvalue weighted by molar-refractivity contribution is 5.97. The molecule has 4 aromatic carbocycles. The van der Waals surface area contributed by atoms with Gasteiger partial charge in [0.2, 0.25) is 0 Å². The number of nitrogens with zero attached hydrogens (tertiary/aromatic N) is 1. The smallest absolute Gasteiger partial charge is 0.163 e. The summed E-state index contributed by atoms with van der Waals surface area (Å²) in [5, 5.41) is 12.4. The maximum Gasteiger partial charge on any atom is 0.163 e. The minimum atomic E-state index is -0.448. The van der Waals surface area contributed by atoms with Crippen LogP contribution in [-0.2, 0) is 0 Å². The normalized spacial score (nSPS) is 12.6. The third-order valence-electron chi connectivity index (χ3n) is 5.74. The molecule has 0 aliphatic heterocycles. The van der Waals surface area contributed by atoms with Gasteiger partial charge in [-0.05, 0) is 46.2 Å². The van der Waals surface area contributed by atoms with Crippen LogP contribution in [0.1, 0.15) is 39.7 Å². The predicted octanol–water partition coefficient (Wildman–Crippen LogP) is 6.51. The van der Waals surface area contributed by atoms with Crippen LogP contribution in [0.3, 0.4) is 0 Å². The molecule has 0 radical (unpaired) electrons. The number of carbonyl (C=O) groups excluding carboxylic acids is 1. The number of benzene rings is 4. The summed E-state index contributed by atoms with van der Waals surface area (Å²) < 4.78 is 5.20. The Balaban J connectivity index is 1.75. The van der Waals surface area contributed by atoms with Gasteiger partial charge in [-0.2, -0.15) is 5.26 Å². The van der Waals surface area contributed by atoms with Crippen LogP contribution < -0.4 is 4.74 Å². The molecule has 4 aromatic rings. The Morgan fingerprint density at radius 3 is 2.26 bits per heavy atom. The molecule has 0 aliphatic carbocycles. The molecule has 0 saturated heterocycles. The number of fused-ring (bicyclic) bond motifs is 1. The van der Waals surface area contributed by atoms with Crippen LogP contribution in [-0.4, -0.2) is 12.9 Å². The molecule has 0 amide bonds. The Morgan fingerprint density at radius 1 is 0.871 bits per heavy atom. The standard InChI is InChI=1S/C28H23NO2/c1-31-23-16-14-22(15-17-23)28(30)18-26(21-8-3-2-4-9-21)27(19-29)25-13-7-11-20-10-5-6-12-24(20)25/h2-17,26-27H,18H2,1H3/t26-,27-/m0/s1. The minimum absolute atomic E-state index is 0.0111. The largest absolute Gasteiger partial charge is 0.497 e. The monoisotopic (exact) mass is 405 g/mol. The second-order valence-electron chi connectivity index (χ2n) is 7.55. The molecule has 3 nitrogen and oxygen atoms in total. The molecular weight excluding hydrogens is 382 g/mol. The van der Waals surface area contributed by atoms with Crippen molar-refractivity contribution in [3.8, 4) is 11.8 Å². The van der Waals surface area contributed by atoms with E-state index in [2.05, 4.69) is 6.07 Å². The van der Waals surface area contributed by atoms with Crippen LogP contribution in [0.2, 0.25) is 0 Å². The second kappa shape index (κ2) is 9.28. The van der Waals surface area contributed by atoms with E-state index in [4.69, 9.17) is 4.74 Å². The quantitative estimate of drug-likeness (QED) is 0.329. The average molecular weight is 405 g/mol. The van der Waals surface area contributed by atoms with Gasteiger partial charge in [0.15, 0.2) is 5.78 Å². The van der Waals surface area contributed by atoms with Crippen molar-refractivity contribution < 1.29 is 9.53 Å². The molecule has 0 fully saturated rings. The van der Waals surface area contributed by atoms with Gasteiger partial charge in [-0.15, -0.1) is 0 Å². The number of hydrogen-bond donors (Lipinski definition) is 0. The summed E-state index contributed by atoms with van der Waals surface area (Å²) in [6, 6.07) is 33.6. The molecule has 0 unspecified atom stereocenters. The molecule has 0 spiro atoms. The van der Waals surface area contributed by atoms with Crippen LogP contribution in [0.4, 0.5) is 0 Å². The number of carbonyl (C=O) groups is 1. The Bertz CT molecular complexity index is 1220. The highest BCUT2D eigenvalue weighted by Gasteiger charge is 2.28. The summed E-state index contributed by atoms with van der Waals surface area (Å²) in [4.78, 5) is 13.2. The summed E-state index contributed by atoms with van der Waals surface area (Å²) in [6.07, 6.45) is 0.248. The number of methoxy groups -OCH3 is 1. The van der Waals surface area contributed by atoms with Crippen molar-refractivity contribution in [2.24, 2.45) is 0 Å². The van der Waals surface area contributed by atoms with Crippen molar-refractivity contribution >= 4 is 16.6 Å². The summed E-state index contributed by atoms with van der Waals surface area (Å²) >= 11 is 0. The minimum Gasteiger partial charge on any atom is -0.497 e. The van der Waals surface area contributed by atoms with E-state index in [0.717, 1.165) is 21.9 Å². The fraction of sp³-hybridized carbons (Fsp3) is 0.143. The fourth-order valence-corrected chi connectivity index (χ4v) is 4.12. The molecular formula is C28H23NO2. The second-order valence-corrected chi connectivity index (χ2v) is 7.55. The topological polar surface area (TPSA) is 50.1 Å². The highest BCUT2D eigenvalue weighted by atomic mass is 16.5. The van der Waals surface area contributed by atoms with Crippen molar-refractivity contribution in [1.82, 2.24) is 0 Å². The third-order valence-corrected chi connectivity index (χ3v) is 5.74. The number of ether oxygens (including phenoxy) is 1. The lowest BCUT2D eigenvalue weighted by molar-refractivity contribution is 0.0972. The molecule has 0 aliphatic rings. The van der Waals surface area contributed by atoms with Crippen molar-refractivity contribution in [2.45, 2.75) is 18.3 Å². The lowest BCUT2D eigenvalue weighted by Gasteiger charge is -2.24. The Morgan fingerprint density at radius 2 is 1.55 bits per heavy atom. The molecule has 0 heterocycles. The van der Waals surface area contributed by atoms with E-state index in [1.165, 1.54) is 0 Å². The number of hydrogen-bond acceptors (Lipinski definition) is 3. The van der Waals surface area contributed by atoms with Crippen molar-refractivity contribution in [3.05, 3.63) is 114 Å². The first-order chi connectivity index (χ1) is 15.2. The molecule has 0 aromatic heterocycles. The maximum absolute atomic E-state index is 13.2. The summed E-state index contributed by atoms with van der Waals surface area (Å²) in [7, 11) is 1.60. The molecule has 3 heteroatoms. The molecule has 31 heavy (non-hydrogen) atoms. The maximum atomic E-state index is 13.2. The van der Waals surface area contributed by atoms with E-state index in [9.17, 15) is 10.1 Å². The van der Waals surface area contributed by atoms with Crippen LogP contribution in [0.15, 0.2) is 97.1 Å². The number of ketones is 1. The van der Waals surface area contributed by atoms with E-state index in [1.807, 2.05) is 72.8 Å². The molecule has 152 valence electrons. The zero-order chi connectivity index (χ0) is 21.6. The SMILES string of the molecule is COc1ccc(C(=O)C[C@@H](c2ccccc2)[C@@H](C#N)c2cccc3ccccc23)cc1. The van der Waals surface area contributed by atoms with Crippen LogP contribution in [0.5, 0.6) is 5.75 Å². The molecule has 2 atom stereocenters. The van der Waals surface area contributed by atoms with Gasteiger partial charge < -0.3 is 4.74 Å². The number of nitriles is 1. The Labute approximate surface area is 182 Å². The molecule has 4 rings (SSSR count). The van der Waals surface area contributed by atoms with Gasteiger partial charge in [0.25, 0.3) is 0 Å². The van der Waals surface area contributed by atoms with Crippen molar-refractivity contribution in [2.75, 3.05) is 7.11 Å². The molecule has 0 bridgehead atoms. The van der Waals surface area contributed by atoms with Crippen molar-refractivity contribution in [1.29, 1.82) is 5.26 Å². The van der Waals surface area contributed by atoms with Crippen LogP contribution in [0.25, 0.3) is 10.8 Å². The van der Waals surface area contributed by atoms with Gasteiger partial charge in [-0.25, -0.2) is 0 Å².